The number of ether oxygens (including phenoxy) is 1. The van der Waals surface area contributed by atoms with E-state index in [-0.39, 0.29) is 11.8 Å². The third kappa shape index (κ3) is 11.1. The lowest BCUT2D eigenvalue weighted by molar-refractivity contribution is -0.142. The van der Waals surface area contributed by atoms with Gasteiger partial charge in [-0.3, -0.25) is 9.59 Å². The van der Waals surface area contributed by atoms with Gasteiger partial charge in [-0.2, -0.15) is 0 Å². The highest BCUT2D eigenvalue weighted by molar-refractivity contribution is 7.10. The predicted octanol–water partition coefficient (Wildman–Crippen LogP) is 8.80. The number of amides is 2. The summed E-state index contributed by atoms with van der Waals surface area (Å²) in [6.07, 6.45) is 9.70. The lowest BCUT2D eigenvalue weighted by Crippen LogP contribution is -2.49. The molecule has 3 N–H and O–H groups in total. The summed E-state index contributed by atoms with van der Waals surface area (Å²) in [6, 6.07) is 23.8. The second kappa shape index (κ2) is 18.4. The molecular formula is C43H48N4O5S. The van der Waals surface area contributed by atoms with Gasteiger partial charge in [0.05, 0.1) is 6.61 Å². The quantitative estimate of drug-likeness (QED) is 0.0815. The summed E-state index contributed by atoms with van der Waals surface area (Å²) in [5, 5.41) is 17.1. The molecule has 2 aromatic heterocycles. The van der Waals surface area contributed by atoms with Crippen LogP contribution in [-0.4, -0.2) is 45.5 Å². The van der Waals surface area contributed by atoms with Crippen molar-refractivity contribution >= 4 is 29.1 Å². The first-order valence-corrected chi connectivity index (χ1v) is 19.0. The SMILES string of the molecule is CCCCCCCOc1ccc(-c2cnc(-c3ccc(CC(NC(=O)c4ccc(C(C)(C)C)cc4)C(=O)NC(C(=O)O)c4cccs4)cc3)nc2)cc1. The van der Waals surface area contributed by atoms with Gasteiger partial charge < -0.3 is 20.5 Å². The number of unbranched alkanes of at least 4 members (excludes halogenated alkanes) is 4. The van der Waals surface area contributed by atoms with Gasteiger partial charge in [-0.15, -0.1) is 11.3 Å². The number of nitrogens with zero attached hydrogens (tertiary/aromatic N) is 2. The van der Waals surface area contributed by atoms with Gasteiger partial charge in [-0.1, -0.05) is 108 Å². The van der Waals surface area contributed by atoms with Gasteiger partial charge in [0, 0.05) is 40.4 Å². The minimum absolute atomic E-state index is 0.0843. The highest BCUT2D eigenvalue weighted by Gasteiger charge is 2.29. The number of nitrogens with one attached hydrogen (secondary N) is 2. The lowest BCUT2D eigenvalue weighted by Gasteiger charge is -2.22. The van der Waals surface area contributed by atoms with Crippen molar-refractivity contribution in [3.63, 3.8) is 0 Å². The number of hydrogen-bond acceptors (Lipinski definition) is 7. The van der Waals surface area contributed by atoms with Crippen LogP contribution in [0.4, 0.5) is 0 Å². The first-order valence-electron chi connectivity index (χ1n) is 18.1. The summed E-state index contributed by atoms with van der Waals surface area (Å²) < 4.78 is 5.90. The van der Waals surface area contributed by atoms with Crippen LogP contribution < -0.4 is 15.4 Å². The normalized spacial score (nSPS) is 12.5. The van der Waals surface area contributed by atoms with Crippen molar-refractivity contribution in [1.82, 2.24) is 20.6 Å². The van der Waals surface area contributed by atoms with Crippen LogP contribution in [0.1, 0.15) is 92.2 Å². The van der Waals surface area contributed by atoms with Crippen molar-refractivity contribution < 1.29 is 24.2 Å². The van der Waals surface area contributed by atoms with E-state index in [1.807, 2.05) is 60.7 Å². The van der Waals surface area contributed by atoms with Gasteiger partial charge in [0.1, 0.15) is 11.8 Å². The number of hydrogen-bond donors (Lipinski definition) is 3. The van der Waals surface area contributed by atoms with Crippen LogP contribution in [-0.2, 0) is 21.4 Å². The first kappa shape index (κ1) is 38.9. The van der Waals surface area contributed by atoms with E-state index in [1.54, 1.807) is 42.0 Å². The highest BCUT2D eigenvalue weighted by Crippen LogP contribution is 2.25. The predicted molar refractivity (Wildman–Crippen MR) is 210 cm³/mol. The van der Waals surface area contributed by atoms with E-state index < -0.39 is 29.9 Å². The van der Waals surface area contributed by atoms with Crippen molar-refractivity contribution in [1.29, 1.82) is 0 Å². The Morgan fingerprint density at radius 3 is 2.06 bits per heavy atom. The van der Waals surface area contributed by atoms with Crippen LogP contribution in [0.3, 0.4) is 0 Å². The maximum Gasteiger partial charge on any atom is 0.331 e. The highest BCUT2D eigenvalue weighted by atomic mass is 32.1. The van der Waals surface area contributed by atoms with Crippen LogP contribution in [0.2, 0.25) is 0 Å². The maximum absolute atomic E-state index is 13.6. The molecule has 0 saturated carbocycles. The molecule has 0 spiro atoms. The molecule has 0 fully saturated rings. The van der Waals surface area contributed by atoms with Gasteiger partial charge in [0.15, 0.2) is 11.9 Å². The number of carbonyl (C=O) groups is 3. The summed E-state index contributed by atoms with van der Waals surface area (Å²) in [5.74, 6) is -0.826. The van der Waals surface area contributed by atoms with Gasteiger partial charge in [0.25, 0.3) is 5.91 Å². The summed E-state index contributed by atoms with van der Waals surface area (Å²) >= 11 is 1.24. The van der Waals surface area contributed by atoms with Gasteiger partial charge in [-0.25, -0.2) is 14.8 Å². The van der Waals surface area contributed by atoms with E-state index in [9.17, 15) is 19.5 Å². The number of carbonyl (C=O) groups excluding carboxylic acids is 2. The number of carboxylic acid groups (broad SMARTS) is 1. The molecule has 0 aliphatic carbocycles. The molecule has 276 valence electrons. The fraction of sp³-hybridized carbons (Fsp3) is 0.326. The van der Waals surface area contributed by atoms with Crippen molar-refractivity contribution in [3.05, 3.63) is 124 Å². The Kier molecular flexibility index (Phi) is 13.5. The van der Waals surface area contributed by atoms with Crippen molar-refractivity contribution in [2.45, 2.75) is 83.7 Å². The molecule has 5 rings (SSSR count). The van der Waals surface area contributed by atoms with Crippen LogP contribution in [0.15, 0.2) is 103 Å². The van der Waals surface area contributed by atoms with E-state index in [0.29, 0.717) is 16.3 Å². The van der Waals surface area contributed by atoms with E-state index in [4.69, 9.17) is 4.74 Å². The van der Waals surface area contributed by atoms with Gasteiger partial charge in [0.2, 0.25) is 5.91 Å². The Balaban J connectivity index is 1.26. The molecule has 2 heterocycles. The van der Waals surface area contributed by atoms with Crippen LogP contribution in [0.25, 0.3) is 22.5 Å². The second-order valence-electron chi connectivity index (χ2n) is 14.1. The lowest BCUT2D eigenvalue weighted by atomic mass is 9.86. The summed E-state index contributed by atoms with van der Waals surface area (Å²) in [5.41, 5.74) is 4.82. The molecule has 0 aliphatic heterocycles. The van der Waals surface area contributed by atoms with Crippen LogP contribution >= 0.6 is 11.3 Å². The molecule has 0 aliphatic rings. The number of thiophene rings is 1. The summed E-state index contributed by atoms with van der Waals surface area (Å²) in [6.45, 7) is 9.20. The number of aliphatic carboxylic acids is 1. The zero-order valence-corrected chi connectivity index (χ0v) is 31.6. The van der Waals surface area contributed by atoms with Gasteiger partial charge in [-0.05, 0) is 64.2 Å². The number of benzene rings is 3. The molecule has 0 radical (unpaired) electrons. The minimum Gasteiger partial charge on any atom is -0.494 e. The Labute approximate surface area is 315 Å². The van der Waals surface area contributed by atoms with E-state index in [2.05, 4.69) is 48.3 Å². The van der Waals surface area contributed by atoms with Crippen molar-refractivity contribution in [3.8, 4) is 28.3 Å². The van der Waals surface area contributed by atoms with E-state index in [1.165, 1.54) is 37.0 Å². The number of carboxylic acids is 1. The molecule has 5 aromatic rings. The zero-order valence-electron chi connectivity index (χ0n) is 30.8. The van der Waals surface area contributed by atoms with Crippen molar-refractivity contribution in [2.24, 2.45) is 0 Å². The van der Waals surface area contributed by atoms with Crippen LogP contribution in [0, 0.1) is 0 Å². The molecule has 0 saturated heterocycles. The van der Waals surface area contributed by atoms with E-state index in [0.717, 1.165) is 46.6 Å². The average molecular weight is 733 g/mol. The Hall–Kier alpha value is -5.35. The monoisotopic (exact) mass is 732 g/mol. The summed E-state index contributed by atoms with van der Waals surface area (Å²) in [7, 11) is 0. The Bertz CT molecular complexity index is 1920. The average Bonchev–Trinajstić information content (AvgIpc) is 3.70. The fourth-order valence-electron chi connectivity index (χ4n) is 5.82. The summed E-state index contributed by atoms with van der Waals surface area (Å²) in [4.78, 5) is 48.8. The largest absolute Gasteiger partial charge is 0.494 e. The van der Waals surface area contributed by atoms with Gasteiger partial charge >= 0.3 is 5.97 Å². The standard InChI is InChI=1S/C43H48N4O5S/c1-5-6-7-8-9-24-52-35-22-18-30(19-23-35)33-27-44-39(45-28-33)31-14-12-29(13-15-31)26-36(41(49)47-38(42(50)51)37-11-10-25-53-37)46-40(48)32-16-20-34(21-17-32)43(2,3)4/h10-23,25,27-28,36,38H,5-9,24,26H2,1-4H3,(H,46,48)(H,47,49)(H,50,51). The van der Waals surface area contributed by atoms with E-state index >= 15 is 0 Å². The molecular weight excluding hydrogens is 685 g/mol. The third-order valence-electron chi connectivity index (χ3n) is 9.00. The fourth-order valence-corrected chi connectivity index (χ4v) is 6.58. The Morgan fingerprint density at radius 2 is 1.45 bits per heavy atom. The Morgan fingerprint density at radius 1 is 0.792 bits per heavy atom. The molecule has 2 atom stereocenters. The first-order chi connectivity index (χ1) is 25.5. The third-order valence-corrected chi connectivity index (χ3v) is 9.94. The molecule has 0 bridgehead atoms. The minimum atomic E-state index is -1.24. The molecule has 3 aromatic carbocycles. The molecule has 53 heavy (non-hydrogen) atoms. The molecule has 9 nitrogen and oxygen atoms in total. The smallest absolute Gasteiger partial charge is 0.331 e. The van der Waals surface area contributed by atoms with Crippen molar-refractivity contribution in [2.75, 3.05) is 6.61 Å². The maximum atomic E-state index is 13.6. The topological polar surface area (TPSA) is 131 Å². The zero-order chi connectivity index (χ0) is 37.8. The second-order valence-corrected chi connectivity index (χ2v) is 15.1. The molecule has 2 unspecified atom stereocenters. The molecule has 10 heteroatoms. The number of aromatic nitrogens is 2. The van der Waals surface area contributed by atoms with Crippen LogP contribution in [0.5, 0.6) is 5.75 Å². The molecule has 2 amide bonds. The number of rotatable bonds is 17.